The molecule has 0 aliphatic carbocycles. The van der Waals surface area contributed by atoms with E-state index in [4.69, 9.17) is 0 Å². The molecule has 0 aromatic heterocycles. The van der Waals surface area contributed by atoms with E-state index < -0.39 is 12.0 Å². The van der Waals surface area contributed by atoms with Crippen molar-refractivity contribution in [3.05, 3.63) is 103 Å². The Morgan fingerprint density at radius 1 is 0.806 bits per heavy atom. The van der Waals surface area contributed by atoms with Gasteiger partial charge in [0.05, 0.1) is 5.69 Å². The fraction of sp³-hybridized carbons (Fsp3) is 0.0769. The van der Waals surface area contributed by atoms with Crippen LogP contribution in [0.3, 0.4) is 0 Å². The largest absolute Gasteiger partial charge is 0.480 e. The SMILES string of the molecule is O=C(O)[C@@H](CS)N(C(=O)c1ccccc1-c1ccccc1)c1cccc2ccccc12. The number of carboxylic acids is 1. The number of fused-ring (bicyclic) bond motifs is 1. The molecule has 4 nitrogen and oxygen atoms in total. The van der Waals surface area contributed by atoms with Crippen molar-refractivity contribution in [2.75, 3.05) is 10.7 Å². The predicted octanol–water partition coefficient (Wildman–Crippen LogP) is 5.54. The zero-order valence-corrected chi connectivity index (χ0v) is 17.6. The second kappa shape index (κ2) is 9.06. The highest BCUT2D eigenvalue weighted by molar-refractivity contribution is 7.80. The number of carbonyl (C=O) groups excluding carboxylic acids is 1. The van der Waals surface area contributed by atoms with E-state index in [0.717, 1.165) is 21.9 Å². The van der Waals surface area contributed by atoms with Crippen LogP contribution in [0.2, 0.25) is 0 Å². The number of carboxylic acid groups (broad SMARTS) is 1. The van der Waals surface area contributed by atoms with Gasteiger partial charge in [0, 0.05) is 16.7 Å². The van der Waals surface area contributed by atoms with Crippen molar-refractivity contribution in [1.29, 1.82) is 0 Å². The molecule has 0 spiro atoms. The summed E-state index contributed by atoms with van der Waals surface area (Å²) in [4.78, 5) is 27.4. The van der Waals surface area contributed by atoms with E-state index in [1.54, 1.807) is 18.2 Å². The van der Waals surface area contributed by atoms with Gasteiger partial charge in [0.15, 0.2) is 0 Å². The maximum absolute atomic E-state index is 13.9. The van der Waals surface area contributed by atoms with E-state index in [0.29, 0.717) is 11.3 Å². The summed E-state index contributed by atoms with van der Waals surface area (Å²) < 4.78 is 0. The normalized spacial score (nSPS) is 11.8. The predicted molar refractivity (Wildman–Crippen MR) is 128 cm³/mol. The van der Waals surface area contributed by atoms with Crippen molar-refractivity contribution >= 4 is 41.0 Å². The maximum Gasteiger partial charge on any atom is 0.327 e. The van der Waals surface area contributed by atoms with Crippen LogP contribution in [0.1, 0.15) is 10.4 Å². The lowest BCUT2D eigenvalue weighted by Crippen LogP contribution is -2.47. The molecular formula is C26H21NO3S. The number of nitrogens with zero attached hydrogens (tertiary/aromatic N) is 1. The monoisotopic (exact) mass is 427 g/mol. The van der Waals surface area contributed by atoms with Gasteiger partial charge in [-0.3, -0.25) is 9.69 Å². The minimum absolute atomic E-state index is 0.0161. The lowest BCUT2D eigenvalue weighted by Gasteiger charge is -2.30. The van der Waals surface area contributed by atoms with Gasteiger partial charge in [-0.25, -0.2) is 4.79 Å². The molecular weight excluding hydrogens is 406 g/mol. The quantitative estimate of drug-likeness (QED) is 0.398. The Hall–Kier alpha value is -3.57. The van der Waals surface area contributed by atoms with E-state index >= 15 is 0 Å². The first-order valence-corrected chi connectivity index (χ1v) is 10.5. The van der Waals surface area contributed by atoms with Crippen LogP contribution in [0.25, 0.3) is 21.9 Å². The molecule has 0 aliphatic rings. The van der Waals surface area contributed by atoms with Gasteiger partial charge >= 0.3 is 5.97 Å². The van der Waals surface area contributed by atoms with Crippen LogP contribution in [0.4, 0.5) is 5.69 Å². The number of amides is 1. The minimum atomic E-state index is -1.12. The smallest absolute Gasteiger partial charge is 0.327 e. The molecule has 0 aliphatic heterocycles. The van der Waals surface area contributed by atoms with Crippen LogP contribution >= 0.6 is 12.6 Å². The molecule has 4 aromatic carbocycles. The van der Waals surface area contributed by atoms with Gasteiger partial charge in [0.25, 0.3) is 5.91 Å². The van der Waals surface area contributed by atoms with Crippen molar-refractivity contribution < 1.29 is 14.7 Å². The highest BCUT2D eigenvalue weighted by Gasteiger charge is 2.32. The maximum atomic E-state index is 13.9. The first-order valence-electron chi connectivity index (χ1n) is 9.91. The standard InChI is InChI=1S/C26H21NO3S/c28-25(22-15-7-6-13-20(22)18-9-2-1-3-10-18)27(24(17-31)26(29)30)23-16-8-12-19-11-4-5-14-21(19)23/h1-16,24,31H,17H2,(H,29,30)/t24-/m1/s1. The van der Waals surface area contributed by atoms with Crippen LogP contribution < -0.4 is 4.90 Å². The lowest BCUT2D eigenvalue weighted by molar-refractivity contribution is -0.137. The zero-order valence-electron chi connectivity index (χ0n) is 16.7. The average Bonchev–Trinajstić information content (AvgIpc) is 2.82. The van der Waals surface area contributed by atoms with Gasteiger partial charge in [-0.05, 0) is 28.6 Å². The van der Waals surface area contributed by atoms with E-state index in [1.807, 2.05) is 78.9 Å². The van der Waals surface area contributed by atoms with Gasteiger partial charge in [-0.15, -0.1) is 0 Å². The van der Waals surface area contributed by atoms with Crippen LogP contribution in [0.5, 0.6) is 0 Å². The third kappa shape index (κ3) is 4.05. The Kier molecular flexibility index (Phi) is 6.05. The van der Waals surface area contributed by atoms with Crippen LogP contribution in [0.15, 0.2) is 97.1 Å². The average molecular weight is 428 g/mol. The number of rotatable bonds is 6. The molecule has 4 aromatic rings. The number of benzene rings is 4. The third-order valence-electron chi connectivity index (χ3n) is 5.26. The third-order valence-corrected chi connectivity index (χ3v) is 5.60. The minimum Gasteiger partial charge on any atom is -0.480 e. The van der Waals surface area contributed by atoms with Crippen molar-refractivity contribution in [3.8, 4) is 11.1 Å². The Balaban J connectivity index is 1.92. The molecule has 5 heteroatoms. The van der Waals surface area contributed by atoms with Crippen molar-refractivity contribution in [2.24, 2.45) is 0 Å². The number of aliphatic carboxylic acids is 1. The van der Waals surface area contributed by atoms with E-state index in [9.17, 15) is 14.7 Å². The Bertz CT molecular complexity index is 1230. The van der Waals surface area contributed by atoms with Gasteiger partial charge in [-0.1, -0.05) is 84.9 Å². The Labute approximate surface area is 186 Å². The fourth-order valence-corrected chi connectivity index (χ4v) is 4.10. The number of hydrogen-bond acceptors (Lipinski definition) is 3. The molecule has 0 saturated carbocycles. The molecule has 31 heavy (non-hydrogen) atoms. The summed E-state index contributed by atoms with van der Waals surface area (Å²) in [7, 11) is 0. The van der Waals surface area contributed by atoms with Crippen LogP contribution in [-0.4, -0.2) is 28.8 Å². The summed E-state index contributed by atoms with van der Waals surface area (Å²) in [6, 6.07) is 28.9. The molecule has 0 heterocycles. The van der Waals surface area contributed by atoms with E-state index in [-0.39, 0.29) is 11.7 Å². The number of hydrogen-bond donors (Lipinski definition) is 2. The topological polar surface area (TPSA) is 57.6 Å². The number of thiol groups is 1. The van der Waals surface area contributed by atoms with Gasteiger partial charge in [-0.2, -0.15) is 12.6 Å². The van der Waals surface area contributed by atoms with E-state index in [1.165, 1.54) is 4.90 Å². The number of anilines is 1. The molecule has 1 amide bonds. The van der Waals surface area contributed by atoms with E-state index in [2.05, 4.69) is 12.6 Å². The second-order valence-electron chi connectivity index (χ2n) is 7.12. The summed E-state index contributed by atoms with van der Waals surface area (Å²) >= 11 is 4.27. The zero-order chi connectivity index (χ0) is 21.8. The molecule has 0 fully saturated rings. The van der Waals surface area contributed by atoms with Gasteiger partial charge in [0.1, 0.15) is 6.04 Å². The molecule has 0 unspecified atom stereocenters. The number of carbonyl (C=O) groups is 2. The second-order valence-corrected chi connectivity index (χ2v) is 7.49. The summed E-state index contributed by atoms with van der Waals surface area (Å²) in [5.74, 6) is -1.50. The summed E-state index contributed by atoms with van der Waals surface area (Å²) in [6.45, 7) is 0. The van der Waals surface area contributed by atoms with Crippen LogP contribution in [0, 0.1) is 0 Å². The lowest BCUT2D eigenvalue weighted by atomic mass is 9.97. The highest BCUT2D eigenvalue weighted by atomic mass is 32.1. The summed E-state index contributed by atoms with van der Waals surface area (Å²) in [5, 5.41) is 11.7. The Morgan fingerprint density at radius 2 is 1.45 bits per heavy atom. The van der Waals surface area contributed by atoms with Gasteiger partial charge < -0.3 is 5.11 Å². The first kappa shape index (κ1) is 20.7. The fourth-order valence-electron chi connectivity index (χ4n) is 3.78. The van der Waals surface area contributed by atoms with Crippen LogP contribution in [-0.2, 0) is 4.79 Å². The van der Waals surface area contributed by atoms with Crippen molar-refractivity contribution in [1.82, 2.24) is 0 Å². The Morgan fingerprint density at radius 3 is 2.19 bits per heavy atom. The molecule has 0 saturated heterocycles. The molecule has 0 bridgehead atoms. The highest BCUT2D eigenvalue weighted by Crippen LogP contribution is 2.32. The van der Waals surface area contributed by atoms with Gasteiger partial charge in [0.2, 0.25) is 0 Å². The molecule has 1 N–H and O–H groups in total. The summed E-state index contributed by atoms with van der Waals surface area (Å²) in [5.41, 5.74) is 2.63. The van der Waals surface area contributed by atoms with Crippen molar-refractivity contribution in [2.45, 2.75) is 6.04 Å². The molecule has 4 rings (SSSR count). The molecule has 0 radical (unpaired) electrons. The first-order chi connectivity index (χ1) is 15.1. The molecule has 1 atom stereocenters. The molecule has 154 valence electrons. The van der Waals surface area contributed by atoms with Crippen molar-refractivity contribution in [3.63, 3.8) is 0 Å². The summed E-state index contributed by atoms with van der Waals surface area (Å²) in [6.07, 6.45) is 0.